The SMILES string of the molecule is CCOc1ccc(N(CC(=O)Nc2cccc(C(N)=O)c2C)S(=O)(=O)c2ccc(SC)cc2)cc1. The lowest BCUT2D eigenvalue weighted by Crippen LogP contribution is -2.38. The van der Waals surface area contributed by atoms with Gasteiger partial charge in [0.15, 0.2) is 0 Å². The molecule has 0 aliphatic heterocycles. The molecule has 0 aromatic heterocycles. The molecule has 0 fully saturated rings. The Balaban J connectivity index is 1.96. The third-order valence-corrected chi connectivity index (χ3v) is 7.78. The smallest absolute Gasteiger partial charge is 0.264 e. The predicted octanol–water partition coefficient (Wildman–Crippen LogP) is 4.05. The molecule has 0 spiro atoms. The quantitative estimate of drug-likeness (QED) is 0.395. The lowest BCUT2D eigenvalue weighted by Gasteiger charge is -2.24. The van der Waals surface area contributed by atoms with E-state index in [-0.39, 0.29) is 10.5 Å². The van der Waals surface area contributed by atoms with Crippen LogP contribution in [0.1, 0.15) is 22.8 Å². The number of hydrogen-bond donors (Lipinski definition) is 2. The molecule has 0 bridgehead atoms. The van der Waals surface area contributed by atoms with Crippen LogP contribution in [0.5, 0.6) is 5.75 Å². The molecule has 3 aromatic rings. The highest BCUT2D eigenvalue weighted by Crippen LogP contribution is 2.27. The van der Waals surface area contributed by atoms with Gasteiger partial charge in [-0.2, -0.15) is 0 Å². The molecule has 0 atom stereocenters. The van der Waals surface area contributed by atoms with Gasteiger partial charge in [0.05, 0.1) is 17.2 Å². The van der Waals surface area contributed by atoms with Crippen molar-refractivity contribution in [3.8, 4) is 5.75 Å². The van der Waals surface area contributed by atoms with E-state index in [2.05, 4.69) is 5.32 Å². The second kappa shape index (κ2) is 11.3. The molecule has 0 aliphatic carbocycles. The number of amides is 2. The summed E-state index contributed by atoms with van der Waals surface area (Å²) in [6.07, 6.45) is 1.90. The van der Waals surface area contributed by atoms with Crippen molar-refractivity contribution in [3.05, 3.63) is 77.9 Å². The van der Waals surface area contributed by atoms with E-state index in [0.29, 0.717) is 29.3 Å². The van der Waals surface area contributed by atoms with Gasteiger partial charge < -0.3 is 15.8 Å². The van der Waals surface area contributed by atoms with Crippen molar-refractivity contribution in [3.63, 3.8) is 0 Å². The van der Waals surface area contributed by atoms with E-state index in [9.17, 15) is 18.0 Å². The van der Waals surface area contributed by atoms with Gasteiger partial charge in [-0.05, 0) is 86.3 Å². The van der Waals surface area contributed by atoms with E-state index in [1.807, 2.05) is 13.2 Å². The average molecular weight is 514 g/mol. The Bertz CT molecular complexity index is 1310. The van der Waals surface area contributed by atoms with Crippen LogP contribution < -0.4 is 20.1 Å². The Kier molecular flexibility index (Phi) is 8.42. The molecule has 0 heterocycles. The summed E-state index contributed by atoms with van der Waals surface area (Å²) in [6, 6.07) is 17.7. The molecule has 2 amide bonds. The average Bonchev–Trinajstić information content (AvgIpc) is 2.84. The number of carbonyl (C=O) groups is 2. The summed E-state index contributed by atoms with van der Waals surface area (Å²) in [5.74, 6) is -0.611. The number of anilines is 2. The monoisotopic (exact) mass is 513 g/mol. The van der Waals surface area contributed by atoms with Crippen molar-refractivity contribution < 1.29 is 22.7 Å². The Morgan fingerprint density at radius 3 is 2.26 bits per heavy atom. The first kappa shape index (κ1) is 26.1. The molecule has 3 rings (SSSR count). The minimum atomic E-state index is -4.08. The van der Waals surface area contributed by atoms with Crippen LogP contribution in [0.3, 0.4) is 0 Å². The highest BCUT2D eigenvalue weighted by Gasteiger charge is 2.27. The van der Waals surface area contributed by atoms with E-state index in [1.54, 1.807) is 61.5 Å². The van der Waals surface area contributed by atoms with Crippen molar-refractivity contribution in [1.29, 1.82) is 0 Å². The molecule has 0 saturated heterocycles. The number of benzene rings is 3. The van der Waals surface area contributed by atoms with Crippen molar-refractivity contribution in [1.82, 2.24) is 0 Å². The highest BCUT2D eigenvalue weighted by molar-refractivity contribution is 7.98. The molecule has 0 saturated carbocycles. The van der Waals surface area contributed by atoms with Gasteiger partial charge in [0, 0.05) is 16.1 Å². The molecular weight excluding hydrogens is 486 g/mol. The van der Waals surface area contributed by atoms with Crippen LogP contribution in [0.2, 0.25) is 0 Å². The predicted molar refractivity (Wildman–Crippen MR) is 139 cm³/mol. The van der Waals surface area contributed by atoms with Crippen molar-refractivity contribution >= 4 is 45.0 Å². The summed E-state index contributed by atoms with van der Waals surface area (Å²) in [5, 5.41) is 2.70. The number of nitrogens with one attached hydrogen (secondary N) is 1. The Hall–Kier alpha value is -3.50. The second-order valence-corrected chi connectivity index (χ2v) is 10.2. The van der Waals surface area contributed by atoms with E-state index in [1.165, 1.54) is 23.9 Å². The number of sulfonamides is 1. The minimum absolute atomic E-state index is 0.0592. The molecule has 10 heteroatoms. The third-order valence-electron chi connectivity index (χ3n) is 5.24. The number of thioether (sulfide) groups is 1. The van der Waals surface area contributed by atoms with Gasteiger partial charge in [-0.1, -0.05) is 6.07 Å². The largest absolute Gasteiger partial charge is 0.494 e. The van der Waals surface area contributed by atoms with Crippen LogP contribution in [0.15, 0.2) is 76.5 Å². The highest BCUT2D eigenvalue weighted by atomic mass is 32.2. The van der Waals surface area contributed by atoms with Crippen molar-refractivity contribution in [2.24, 2.45) is 5.73 Å². The molecule has 0 unspecified atom stereocenters. The normalized spacial score (nSPS) is 11.1. The number of primary amides is 1. The fourth-order valence-corrected chi connectivity index (χ4v) is 5.25. The maximum absolute atomic E-state index is 13.6. The van der Waals surface area contributed by atoms with Crippen LogP contribution in [0.25, 0.3) is 0 Å². The summed E-state index contributed by atoms with van der Waals surface area (Å²) in [6.45, 7) is 3.49. The van der Waals surface area contributed by atoms with Gasteiger partial charge in [-0.3, -0.25) is 13.9 Å². The van der Waals surface area contributed by atoms with Crippen LogP contribution in [-0.4, -0.2) is 39.6 Å². The third kappa shape index (κ3) is 6.14. The van der Waals surface area contributed by atoms with Gasteiger partial charge in [0.25, 0.3) is 10.0 Å². The molecule has 35 heavy (non-hydrogen) atoms. The van der Waals surface area contributed by atoms with Crippen LogP contribution in [-0.2, 0) is 14.8 Å². The minimum Gasteiger partial charge on any atom is -0.494 e. The summed E-state index contributed by atoms with van der Waals surface area (Å²) < 4.78 is 33.7. The first-order valence-electron chi connectivity index (χ1n) is 10.8. The van der Waals surface area contributed by atoms with Gasteiger partial charge in [-0.15, -0.1) is 11.8 Å². The summed E-state index contributed by atoms with van der Waals surface area (Å²) in [7, 11) is -4.08. The van der Waals surface area contributed by atoms with Gasteiger partial charge in [0.1, 0.15) is 12.3 Å². The number of hydrogen-bond acceptors (Lipinski definition) is 6. The van der Waals surface area contributed by atoms with Crippen LogP contribution >= 0.6 is 11.8 Å². The maximum atomic E-state index is 13.6. The Labute approximate surface area is 209 Å². The fraction of sp³-hybridized carbons (Fsp3) is 0.200. The molecule has 0 radical (unpaired) electrons. The standard InChI is InChI=1S/C25H27N3O5S2/c1-4-33-19-10-8-18(9-11-19)28(35(31,32)21-14-12-20(34-3)13-15-21)16-24(29)27-23-7-5-6-22(17(23)2)25(26)30/h5-15H,4,16H2,1-3H3,(H2,26,30)(H,27,29). The Morgan fingerprint density at radius 2 is 1.69 bits per heavy atom. The van der Waals surface area contributed by atoms with Gasteiger partial charge in [0.2, 0.25) is 11.8 Å². The van der Waals surface area contributed by atoms with E-state index >= 15 is 0 Å². The van der Waals surface area contributed by atoms with E-state index in [4.69, 9.17) is 10.5 Å². The lowest BCUT2D eigenvalue weighted by molar-refractivity contribution is -0.114. The summed E-state index contributed by atoms with van der Waals surface area (Å²) in [5.41, 5.74) is 6.84. The number of ether oxygens (including phenoxy) is 1. The zero-order valence-electron chi connectivity index (χ0n) is 19.6. The topological polar surface area (TPSA) is 119 Å². The number of carbonyl (C=O) groups excluding carboxylic acids is 2. The molecule has 3 N–H and O–H groups in total. The molecule has 3 aromatic carbocycles. The molecular formula is C25H27N3O5S2. The maximum Gasteiger partial charge on any atom is 0.264 e. The second-order valence-electron chi connectivity index (χ2n) is 7.50. The van der Waals surface area contributed by atoms with E-state index < -0.39 is 28.4 Å². The molecule has 0 aliphatic rings. The number of nitrogens with zero attached hydrogens (tertiary/aromatic N) is 1. The molecule has 8 nitrogen and oxygen atoms in total. The number of rotatable bonds is 10. The van der Waals surface area contributed by atoms with Crippen molar-refractivity contribution in [2.75, 3.05) is 29.0 Å². The van der Waals surface area contributed by atoms with E-state index in [0.717, 1.165) is 9.20 Å². The lowest BCUT2D eigenvalue weighted by atomic mass is 10.1. The zero-order chi connectivity index (χ0) is 25.6. The Morgan fingerprint density at radius 1 is 1.03 bits per heavy atom. The fourth-order valence-electron chi connectivity index (χ4n) is 3.42. The zero-order valence-corrected chi connectivity index (χ0v) is 21.3. The van der Waals surface area contributed by atoms with Crippen molar-refractivity contribution in [2.45, 2.75) is 23.6 Å². The van der Waals surface area contributed by atoms with Crippen LogP contribution in [0, 0.1) is 6.92 Å². The number of nitrogens with two attached hydrogens (primary N) is 1. The summed E-state index contributed by atoms with van der Waals surface area (Å²) >= 11 is 1.50. The molecule has 184 valence electrons. The van der Waals surface area contributed by atoms with Gasteiger partial charge >= 0.3 is 0 Å². The first-order chi connectivity index (χ1) is 16.7. The summed E-state index contributed by atoms with van der Waals surface area (Å²) in [4.78, 5) is 25.6. The van der Waals surface area contributed by atoms with Crippen LogP contribution in [0.4, 0.5) is 11.4 Å². The van der Waals surface area contributed by atoms with Gasteiger partial charge in [-0.25, -0.2) is 8.42 Å². The first-order valence-corrected chi connectivity index (χ1v) is 13.4.